The second-order valence-electron chi connectivity index (χ2n) is 4.53. The molecular weight excluding hydrogens is 380 g/mol. The Bertz CT molecular complexity index is 812. The maximum absolute atomic E-state index is 12.2. The molecule has 0 aliphatic rings. The number of benzene rings is 2. The number of carbonyl (C=O) groups is 1. The van der Waals surface area contributed by atoms with Gasteiger partial charge < -0.3 is 10.1 Å². The Hall–Kier alpha value is -2.29. The molecule has 6 heteroatoms. The van der Waals surface area contributed by atoms with Crippen LogP contribution >= 0.6 is 27.5 Å². The highest BCUT2D eigenvalue weighted by Gasteiger charge is 2.11. The first-order valence-electron chi connectivity index (χ1n) is 6.55. The van der Waals surface area contributed by atoms with Gasteiger partial charge >= 0.3 is 0 Å². The van der Waals surface area contributed by atoms with E-state index in [1.54, 1.807) is 49.6 Å². The van der Waals surface area contributed by atoms with Crippen LogP contribution in [0.2, 0.25) is 5.02 Å². The molecule has 1 N–H and O–H groups in total. The second-order valence-corrected chi connectivity index (χ2v) is 5.85. The van der Waals surface area contributed by atoms with E-state index in [-0.39, 0.29) is 5.57 Å². The minimum atomic E-state index is -0.528. The molecule has 0 saturated heterocycles. The van der Waals surface area contributed by atoms with Gasteiger partial charge in [-0.3, -0.25) is 4.79 Å². The minimum Gasteiger partial charge on any atom is -0.497 e. The summed E-state index contributed by atoms with van der Waals surface area (Å²) in [4.78, 5) is 12.2. The van der Waals surface area contributed by atoms with Gasteiger partial charge in [0.25, 0.3) is 5.91 Å². The minimum absolute atomic E-state index is 0.0370. The number of rotatable bonds is 4. The fraction of sp³-hybridized carbons (Fsp3) is 0.0588. The van der Waals surface area contributed by atoms with Crippen LogP contribution in [0.5, 0.6) is 5.75 Å². The molecule has 116 valence electrons. The summed E-state index contributed by atoms with van der Waals surface area (Å²) in [6.45, 7) is 0. The van der Waals surface area contributed by atoms with E-state index >= 15 is 0 Å². The number of carbonyl (C=O) groups excluding carboxylic acids is 1. The van der Waals surface area contributed by atoms with Gasteiger partial charge in [-0.2, -0.15) is 5.26 Å². The SMILES string of the molecule is COc1cc(Br)cc(/C=C(\C#N)C(=O)Nc2ccccc2Cl)c1. The Labute approximate surface area is 147 Å². The van der Waals surface area contributed by atoms with Crippen LogP contribution in [0.25, 0.3) is 6.08 Å². The Kier molecular flexibility index (Phi) is 5.80. The number of ether oxygens (including phenoxy) is 1. The lowest BCUT2D eigenvalue weighted by Gasteiger charge is -2.07. The van der Waals surface area contributed by atoms with Gasteiger partial charge in [0, 0.05) is 4.47 Å². The molecule has 1 amide bonds. The molecule has 0 spiro atoms. The number of hydrogen-bond acceptors (Lipinski definition) is 3. The predicted octanol–water partition coefficient (Wildman–Crippen LogP) is 4.66. The lowest BCUT2D eigenvalue weighted by molar-refractivity contribution is -0.112. The summed E-state index contributed by atoms with van der Waals surface area (Å²) in [5.74, 6) is 0.0916. The quantitative estimate of drug-likeness (QED) is 0.609. The monoisotopic (exact) mass is 390 g/mol. The summed E-state index contributed by atoms with van der Waals surface area (Å²) in [6, 6.07) is 14.0. The Morgan fingerprint density at radius 1 is 1.35 bits per heavy atom. The number of methoxy groups -OCH3 is 1. The zero-order valence-electron chi connectivity index (χ0n) is 12.1. The molecule has 0 aromatic heterocycles. The molecule has 2 aromatic rings. The molecule has 4 nitrogen and oxygen atoms in total. The van der Waals surface area contributed by atoms with Crippen LogP contribution in [0.1, 0.15) is 5.56 Å². The van der Waals surface area contributed by atoms with Gasteiger partial charge in [-0.25, -0.2) is 0 Å². The molecule has 0 unspecified atom stereocenters. The summed E-state index contributed by atoms with van der Waals surface area (Å²) in [6.07, 6.45) is 1.49. The summed E-state index contributed by atoms with van der Waals surface area (Å²) in [7, 11) is 1.55. The van der Waals surface area contributed by atoms with Gasteiger partial charge in [0.2, 0.25) is 0 Å². The Balaban J connectivity index is 2.29. The molecule has 0 heterocycles. The van der Waals surface area contributed by atoms with Gasteiger partial charge in [0.15, 0.2) is 0 Å². The predicted molar refractivity (Wildman–Crippen MR) is 94.4 cm³/mol. The fourth-order valence-corrected chi connectivity index (χ4v) is 2.53. The van der Waals surface area contributed by atoms with Crippen molar-refractivity contribution in [3.05, 3.63) is 63.1 Å². The van der Waals surface area contributed by atoms with Crippen molar-refractivity contribution in [2.45, 2.75) is 0 Å². The van der Waals surface area contributed by atoms with Crippen LogP contribution in [0.4, 0.5) is 5.69 Å². The summed E-state index contributed by atoms with van der Waals surface area (Å²) >= 11 is 9.35. The Morgan fingerprint density at radius 3 is 2.74 bits per heavy atom. The smallest absolute Gasteiger partial charge is 0.266 e. The molecule has 0 atom stereocenters. The first-order chi connectivity index (χ1) is 11.0. The van der Waals surface area contributed by atoms with Crippen molar-refractivity contribution in [2.24, 2.45) is 0 Å². The molecule has 2 aromatic carbocycles. The zero-order valence-corrected chi connectivity index (χ0v) is 14.5. The van der Waals surface area contributed by atoms with Crippen LogP contribution in [0, 0.1) is 11.3 Å². The molecule has 0 bridgehead atoms. The Morgan fingerprint density at radius 2 is 2.09 bits per heavy atom. The van der Waals surface area contributed by atoms with Gasteiger partial charge in [-0.05, 0) is 42.0 Å². The van der Waals surface area contributed by atoms with Crippen molar-refractivity contribution < 1.29 is 9.53 Å². The summed E-state index contributed by atoms with van der Waals surface area (Å²) in [5.41, 5.74) is 1.08. The first kappa shape index (κ1) is 17.1. The van der Waals surface area contributed by atoms with Crippen molar-refractivity contribution in [3.63, 3.8) is 0 Å². The summed E-state index contributed by atoms with van der Waals surface area (Å²) < 4.78 is 5.95. The van der Waals surface area contributed by atoms with Crippen LogP contribution in [0.15, 0.2) is 52.5 Å². The van der Waals surface area contributed by atoms with Gasteiger partial charge in [0.1, 0.15) is 17.4 Å². The largest absolute Gasteiger partial charge is 0.497 e. The number of hydrogen-bond donors (Lipinski definition) is 1. The maximum atomic E-state index is 12.2. The topological polar surface area (TPSA) is 62.1 Å². The van der Waals surface area contributed by atoms with Gasteiger partial charge in [-0.1, -0.05) is 39.7 Å². The van der Waals surface area contributed by atoms with Crippen molar-refractivity contribution >= 4 is 45.2 Å². The third kappa shape index (κ3) is 4.59. The van der Waals surface area contributed by atoms with Crippen LogP contribution in [0.3, 0.4) is 0 Å². The van der Waals surface area contributed by atoms with E-state index in [2.05, 4.69) is 21.2 Å². The molecule has 0 fully saturated rings. The molecular formula is C17H12BrClN2O2. The number of nitrogens with zero attached hydrogens (tertiary/aromatic N) is 1. The number of para-hydroxylation sites is 1. The normalized spacial score (nSPS) is 10.8. The van der Waals surface area contributed by atoms with Crippen molar-refractivity contribution in [1.82, 2.24) is 0 Å². The highest BCUT2D eigenvalue weighted by molar-refractivity contribution is 9.10. The fourth-order valence-electron chi connectivity index (χ4n) is 1.85. The first-order valence-corrected chi connectivity index (χ1v) is 7.73. The van der Waals surface area contributed by atoms with E-state index in [4.69, 9.17) is 16.3 Å². The standard InChI is InChI=1S/C17H12BrClN2O2/c1-23-14-8-11(7-13(18)9-14)6-12(10-20)17(22)21-16-5-3-2-4-15(16)19/h2-9H,1H3,(H,21,22)/b12-6+. The third-order valence-electron chi connectivity index (χ3n) is 2.93. The lowest BCUT2D eigenvalue weighted by Crippen LogP contribution is -2.13. The van der Waals surface area contributed by atoms with Gasteiger partial charge in [0.05, 0.1) is 17.8 Å². The van der Waals surface area contributed by atoms with Crippen molar-refractivity contribution in [3.8, 4) is 11.8 Å². The molecule has 0 aliphatic heterocycles. The molecule has 2 rings (SSSR count). The summed E-state index contributed by atoms with van der Waals surface area (Å²) in [5, 5.41) is 12.3. The van der Waals surface area contributed by atoms with Crippen molar-refractivity contribution in [2.75, 3.05) is 12.4 Å². The maximum Gasteiger partial charge on any atom is 0.266 e. The van der Waals surface area contributed by atoms with Crippen molar-refractivity contribution in [1.29, 1.82) is 5.26 Å². The van der Waals surface area contributed by atoms with E-state index in [1.807, 2.05) is 6.07 Å². The number of anilines is 1. The highest BCUT2D eigenvalue weighted by Crippen LogP contribution is 2.24. The van der Waals surface area contributed by atoms with Crippen LogP contribution in [-0.4, -0.2) is 13.0 Å². The van der Waals surface area contributed by atoms with Crippen LogP contribution < -0.4 is 10.1 Å². The lowest BCUT2D eigenvalue weighted by atomic mass is 10.1. The van der Waals surface area contributed by atoms with Gasteiger partial charge in [-0.15, -0.1) is 0 Å². The average molecular weight is 392 g/mol. The van der Waals surface area contributed by atoms with E-state index in [9.17, 15) is 10.1 Å². The molecule has 0 saturated carbocycles. The average Bonchev–Trinajstić information content (AvgIpc) is 2.54. The number of amides is 1. The van der Waals surface area contributed by atoms with Crippen LogP contribution in [-0.2, 0) is 4.79 Å². The number of nitrogens with one attached hydrogen (secondary N) is 1. The molecule has 23 heavy (non-hydrogen) atoms. The molecule has 0 aliphatic carbocycles. The van der Waals surface area contributed by atoms with E-state index < -0.39 is 5.91 Å². The zero-order chi connectivity index (χ0) is 16.8. The number of nitriles is 1. The highest BCUT2D eigenvalue weighted by atomic mass is 79.9. The van der Waals surface area contributed by atoms with E-state index in [0.717, 1.165) is 4.47 Å². The third-order valence-corrected chi connectivity index (χ3v) is 3.71. The second kappa shape index (κ2) is 7.82. The number of halogens is 2. The molecule has 0 radical (unpaired) electrons. The van der Waals surface area contributed by atoms with E-state index in [0.29, 0.717) is 22.0 Å². The van der Waals surface area contributed by atoms with E-state index in [1.165, 1.54) is 6.08 Å².